The number of hydrogen-bond donors (Lipinski definition) is 0. The molecule has 1 heteroatoms. The molecule has 0 heterocycles. The van der Waals surface area contributed by atoms with Crippen molar-refractivity contribution >= 4 is 0 Å². The Balaban J connectivity index is 1.94. The molecule has 2 rings (SSSR count). The van der Waals surface area contributed by atoms with E-state index < -0.39 is 0 Å². The van der Waals surface area contributed by atoms with Crippen LogP contribution >= 0.6 is 0 Å². The summed E-state index contributed by atoms with van der Waals surface area (Å²) >= 11 is 0. The van der Waals surface area contributed by atoms with E-state index in [4.69, 9.17) is 4.74 Å². The molecular weight excluding hydrogens is 220 g/mol. The first-order valence-corrected chi connectivity index (χ1v) is 7.60. The highest BCUT2D eigenvalue weighted by Gasteiger charge is 2.15. The second-order valence-corrected chi connectivity index (χ2v) is 5.46. The van der Waals surface area contributed by atoms with Crippen molar-refractivity contribution in [1.82, 2.24) is 0 Å². The van der Waals surface area contributed by atoms with Gasteiger partial charge in [-0.15, -0.1) is 0 Å². The largest absolute Gasteiger partial charge is 0.490 e. The lowest BCUT2D eigenvalue weighted by Crippen LogP contribution is -2.19. The predicted octanol–water partition coefficient (Wildman–Crippen LogP) is 5.30. The monoisotopic (exact) mass is 246 g/mol. The van der Waals surface area contributed by atoms with Crippen LogP contribution in [0.3, 0.4) is 0 Å². The summed E-state index contributed by atoms with van der Waals surface area (Å²) in [6.45, 7) is 4.53. The zero-order valence-electron chi connectivity index (χ0n) is 11.8. The van der Waals surface area contributed by atoms with E-state index in [1.807, 2.05) is 0 Å². The summed E-state index contributed by atoms with van der Waals surface area (Å²) in [5, 5.41) is 0. The van der Waals surface area contributed by atoms with Gasteiger partial charge in [0, 0.05) is 0 Å². The van der Waals surface area contributed by atoms with Crippen LogP contribution in [0.4, 0.5) is 0 Å². The Bertz CT molecular complexity index is 331. The second-order valence-electron chi connectivity index (χ2n) is 5.46. The van der Waals surface area contributed by atoms with Crippen LogP contribution < -0.4 is 4.74 Å². The number of ether oxygens (including phenoxy) is 1. The van der Waals surface area contributed by atoms with Gasteiger partial charge in [0.15, 0.2) is 0 Å². The molecule has 1 aromatic carbocycles. The maximum atomic E-state index is 6.06. The molecule has 0 aliphatic heterocycles. The lowest BCUT2D eigenvalue weighted by atomic mass is 9.94. The van der Waals surface area contributed by atoms with Gasteiger partial charge in [0.1, 0.15) is 5.75 Å². The molecule has 0 atom stereocenters. The van der Waals surface area contributed by atoms with Crippen molar-refractivity contribution in [2.75, 3.05) is 0 Å². The maximum Gasteiger partial charge on any atom is 0.119 e. The lowest BCUT2D eigenvalue weighted by Gasteiger charge is -2.23. The molecule has 0 radical (unpaired) electrons. The van der Waals surface area contributed by atoms with Crippen molar-refractivity contribution in [3.05, 3.63) is 29.8 Å². The molecule has 1 aliphatic carbocycles. The Morgan fingerprint density at radius 3 is 2.17 bits per heavy atom. The van der Waals surface area contributed by atoms with Crippen LogP contribution in [0.2, 0.25) is 0 Å². The lowest BCUT2D eigenvalue weighted by molar-refractivity contribution is 0.155. The molecule has 0 amide bonds. The predicted molar refractivity (Wildman–Crippen MR) is 77.3 cm³/mol. The first-order chi connectivity index (χ1) is 8.83. The summed E-state index contributed by atoms with van der Waals surface area (Å²) < 4.78 is 6.06. The van der Waals surface area contributed by atoms with Crippen LogP contribution in [0.1, 0.15) is 70.3 Å². The first-order valence-electron chi connectivity index (χ1n) is 7.60. The first kappa shape index (κ1) is 13.5. The van der Waals surface area contributed by atoms with Crippen molar-refractivity contribution in [2.24, 2.45) is 0 Å². The SMILES string of the molecule is CCC(CC)c1ccc(OC2CCCCC2)cc1. The third-order valence-electron chi connectivity index (χ3n) is 4.19. The maximum absolute atomic E-state index is 6.06. The van der Waals surface area contributed by atoms with Gasteiger partial charge in [-0.25, -0.2) is 0 Å². The van der Waals surface area contributed by atoms with E-state index in [0.717, 1.165) is 5.75 Å². The fourth-order valence-electron chi connectivity index (χ4n) is 2.95. The molecular formula is C17H26O. The molecule has 18 heavy (non-hydrogen) atoms. The summed E-state index contributed by atoms with van der Waals surface area (Å²) in [4.78, 5) is 0. The van der Waals surface area contributed by atoms with Gasteiger partial charge in [-0.05, 0) is 62.1 Å². The summed E-state index contributed by atoms with van der Waals surface area (Å²) in [7, 11) is 0. The topological polar surface area (TPSA) is 9.23 Å². The molecule has 0 saturated heterocycles. The standard InChI is InChI=1S/C17H26O/c1-3-14(4-2)15-10-12-17(13-11-15)18-16-8-6-5-7-9-16/h10-14,16H,3-9H2,1-2H3. The van der Waals surface area contributed by atoms with Gasteiger partial charge < -0.3 is 4.74 Å². The molecule has 1 nitrogen and oxygen atoms in total. The van der Waals surface area contributed by atoms with E-state index in [1.54, 1.807) is 0 Å². The van der Waals surface area contributed by atoms with E-state index in [0.29, 0.717) is 12.0 Å². The van der Waals surface area contributed by atoms with Gasteiger partial charge in [-0.2, -0.15) is 0 Å². The van der Waals surface area contributed by atoms with Gasteiger partial charge >= 0.3 is 0 Å². The Morgan fingerprint density at radius 2 is 1.61 bits per heavy atom. The van der Waals surface area contributed by atoms with Crippen LogP contribution in [0, 0.1) is 0 Å². The van der Waals surface area contributed by atoms with Gasteiger partial charge in [0.25, 0.3) is 0 Å². The highest BCUT2D eigenvalue weighted by Crippen LogP contribution is 2.27. The quantitative estimate of drug-likeness (QED) is 0.685. The number of benzene rings is 1. The van der Waals surface area contributed by atoms with Crippen molar-refractivity contribution in [1.29, 1.82) is 0 Å². The number of hydrogen-bond acceptors (Lipinski definition) is 1. The molecule has 0 N–H and O–H groups in total. The molecule has 1 aromatic rings. The van der Waals surface area contributed by atoms with Crippen LogP contribution in [0.25, 0.3) is 0 Å². The smallest absolute Gasteiger partial charge is 0.119 e. The van der Waals surface area contributed by atoms with Crippen LogP contribution in [-0.4, -0.2) is 6.10 Å². The zero-order chi connectivity index (χ0) is 12.8. The fraction of sp³-hybridized carbons (Fsp3) is 0.647. The second kappa shape index (κ2) is 6.82. The third kappa shape index (κ3) is 3.51. The Labute approximate surface area is 112 Å². The number of rotatable bonds is 5. The Morgan fingerprint density at radius 1 is 1.00 bits per heavy atom. The van der Waals surface area contributed by atoms with Crippen LogP contribution in [-0.2, 0) is 0 Å². The van der Waals surface area contributed by atoms with E-state index in [1.165, 1.54) is 50.5 Å². The van der Waals surface area contributed by atoms with E-state index in [-0.39, 0.29) is 0 Å². The van der Waals surface area contributed by atoms with Crippen molar-refractivity contribution < 1.29 is 4.74 Å². The average molecular weight is 246 g/mol. The van der Waals surface area contributed by atoms with Gasteiger partial charge in [-0.3, -0.25) is 0 Å². The minimum Gasteiger partial charge on any atom is -0.490 e. The summed E-state index contributed by atoms with van der Waals surface area (Å²) in [5.41, 5.74) is 1.45. The van der Waals surface area contributed by atoms with Gasteiger partial charge in [-0.1, -0.05) is 32.4 Å². The van der Waals surface area contributed by atoms with E-state index >= 15 is 0 Å². The summed E-state index contributed by atoms with van der Waals surface area (Å²) in [6, 6.07) is 8.80. The highest BCUT2D eigenvalue weighted by molar-refractivity contribution is 5.29. The third-order valence-corrected chi connectivity index (χ3v) is 4.19. The molecule has 100 valence electrons. The van der Waals surface area contributed by atoms with Crippen LogP contribution in [0.15, 0.2) is 24.3 Å². The van der Waals surface area contributed by atoms with Crippen molar-refractivity contribution in [3.8, 4) is 5.75 Å². The minimum absolute atomic E-state index is 0.456. The molecule has 0 unspecified atom stereocenters. The van der Waals surface area contributed by atoms with Gasteiger partial charge in [0.05, 0.1) is 6.10 Å². The summed E-state index contributed by atoms with van der Waals surface area (Å²) in [5.74, 6) is 1.75. The van der Waals surface area contributed by atoms with E-state index in [9.17, 15) is 0 Å². The molecule has 1 fully saturated rings. The van der Waals surface area contributed by atoms with E-state index in [2.05, 4.69) is 38.1 Å². The minimum atomic E-state index is 0.456. The zero-order valence-corrected chi connectivity index (χ0v) is 11.8. The Kier molecular flexibility index (Phi) is 5.10. The van der Waals surface area contributed by atoms with Crippen LogP contribution in [0.5, 0.6) is 5.75 Å². The molecule has 0 bridgehead atoms. The van der Waals surface area contributed by atoms with Crippen molar-refractivity contribution in [3.63, 3.8) is 0 Å². The molecule has 0 spiro atoms. The summed E-state index contributed by atoms with van der Waals surface area (Å²) in [6.07, 6.45) is 9.40. The fourth-order valence-corrected chi connectivity index (χ4v) is 2.95. The molecule has 0 aromatic heterocycles. The highest BCUT2D eigenvalue weighted by atomic mass is 16.5. The van der Waals surface area contributed by atoms with Crippen molar-refractivity contribution in [2.45, 2.75) is 70.8 Å². The normalized spacial score (nSPS) is 17.1. The molecule has 1 saturated carbocycles. The molecule has 1 aliphatic rings. The Hall–Kier alpha value is -0.980. The van der Waals surface area contributed by atoms with Gasteiger partial charge in [0.2, 0.25) is 0 Å². The average Bonchev–Trinajstić information content (AvgIpc) is 2.43.